The number of aryl methyl sites for hydroxylation is 2. The highest BCUT2D eigenvalue weighted by atomic mass is 16.4. The third-order valence-electron chi connectivity index (χ3n) is 3.20. The molecule has 8 nitrogen and oxygen atoms in total. The number of aromatic nitrogens is 6. The maximum absolute atomic E-state index is 10.8. The van der Waals surface area contributed by atoms with Crippen LogP contribution in [0.2, 0.25) is 0 Å². The van der Waals surface area contributed by atoms with E-state index in [1.807, 2.05) is 6.20 Å². The first-order valence-corrected chi connectivity index (χ1v) is 6.74. The SMILES string of the molecule is O=C(O)c1ccc(Cn2cc(CCn3cncn3)nn2)cc1. The molecule has 0 bridgehead atoms. The number of aromatic carboxylic acids is 1. The Balaban J connectivity index is 1.60. The van der Waals surface area contributed by atoms with E-state index in [1.54, 1.807) is 40.0 Å². The van der Waals surface area contributed by atoms with Crippen molar-refractivity contribution in [2.75, 3.05) is 0 Å². The number of hydrogen-bond acceptors (Lipinski definition) is 5. The maximum Gasteiger partial charge on any atom is 0.335 e. The number of carbonyl (C=O) groups is 1. The van der Waals surface area contributed by atoms with Gasteiger partial charge in [-0.05, 0) is 17.7 Å². The van der Waals surface area contributed by atoms with E-state index < -0.39 is 5.97 Å². The molecule has 0 unspecified atom stereocenters. The lowest BCUT2D eigenvalue weighted by molar-refractivity contribution is 0.0697. The Morgan fingerprint density at radius 3 is 2.68 bits per heavy atom. The van der Waals surface area contributed by atoms with Crippen LogP contribution in [-0.4, -0.2) is 40.8 Å². The Labute approximate surface area is 126 Å². The molecule has 8 heteroatoms. The summed E-state index contributed by atoms with van der Waals surface area (Å²) in [6, 6.07) is 6.72. The molecule has 2 aromatic heterocycles. The molecule has 0 saturated heterocycles. The van der Waals surface area contributed by atoms with Crippen molar-refractivity contribution in [2.24, 2.45) is 0 Å². The molecule has 1 aromatic carbocycles. The summed E-state index contributed by atoms with van der Waals surface area (Å²) in [4.78, 5) is 14.7. The lowest BCUT2D eigenvalue weighted by atomic mass is 10.1. The van der Waals surface area contributed by atoms with E-state index >= 15 is 0 Å². The lowest BCUT2D eigenvalue weighted by Crippen LogP contribution is -2.02. The topological polar surface area (TPSA) is 98.7 Å². The Morgan fingerprint density at radius 1 is 1.18 bits per heavy atom. The van der Waals surface area contributed by atoms with E-state index in [-0.39, 0.29) is 5.56 Å². The molecule has 0 fully saturated rings. The van der Waals surface area contributed by atoms with E-state index in [0.29, 0.717) is 13.1 Å². The van der Waals surface area contributed by atoms with Gasteiger partial charge >= 0.3 is 5.97 Å². The fourth-order valence-corrected chi connectivity index (χ4v) is 2.05. The van der Waals surface area contributed by atoms with Crippen molar-refractivity contribution in [3.05, 3.63) is 59.9 Å². The first-order valence-electron chi connectivity index (χ1n) is 6.74. The molecule has 1 N–H and O–H groups in total. The quantitative estimate of drug-likeness (QED) is 0.724. The van der Waals surface area contributed by atoms with Gasteiger partial charge in [0.15, 0.2) is 0 Å². The summed E-state index contributed by atoms with van der Waals surface area (Å²) in [6.45, 7) is 1.25. The van der Waals surface area contributed by atoms with Gasteiger partial charge in [-0.3, -0.25) is 4.68 Å². The second-order valence-corrected chi connectivity index (χ2v) is 4.82. The molecule has 0 aliphatic rings. The van der Waals surface area contributed by atoms with Crippen molar-refractivity contribution in [1.29, 1.82) is 0 Å². The molecular weight excluding hydrogens is 284 g/mol. The maximum atomic E-state index is 10.8. The summed E-state index contributed by atoms with van der Waals surface area (Å²) in [6.07, 6.45) is 5.76. The van der Waals surface area contributed by atoms with Crippen molar-refractivity contribution in [3.63, 3.8) is 0 Å². The minimum atomic E-state index is -0.928. The molecule has 22 heavy (non-hydrogen) atoms. The highest BCUT2D eigenvalue weighted by molar-refractivity contribution is 5.87. The van der Waals surface area contributed by atoms with Crippen LogP contribution in [0.1, 0.15) is 21.6 Å². The van der Waals surface area contributed by atoms with Crippen molar-refractivity contribution >= 4 is 5.97 Å². The molecule has 0 aliphatic carbocycles. The summed E-state index contributed by atoms with van der Waals surface area (Å²) < 4.78 is 3.47. The largest absolute Gasteiger partial charge is 0.478 e. The summed E-state index contributed by atoms with van der Waals surface area (Å²) >= 11 is 0. The third kappa shape index (κ3) is 3.35. The first-order chi connectivity index (χ1) is 10.7. The van der Waals surface area contributed by atoms with Crippen LogP contribution in [0.25, 0.3) is 0 Å². The molecule has 112 valence electrons. The van der Waals surface area contributed by atoms with Gasteiger partial charge < -0.3 is 5.11 Å². The van der Waals surface area contributed by atoms with Gasteiger partial charge in [0.1, 0.15) is 12.7 Å². The molecule has 2 heterocycles. The van der Waals surface area contributed by atoms with Crippen molar-refractivity contribution < 1.29 is 9.90 Å². The average molecular weight is 298 g/mol. The van der Waals surface area contributed by atoms with Gasteiger partial charge in [-0.15, -0.1) is 5.10 Å². The summed E-state index contributed by atoms with van der Waals surface area (Å²) in [5.41, 5.74) is 2.12. The Kier molecular flexibility index (Phi) is 3.90. The first kappa shape index (κ1) is 13.9. The van der Waals surface area contributed by atoms with Crippen LogP contribution in [0, 0.1) is 0 Å². The highest BCUT2D eigenvalue weighted by Crippen LogP contribution is 2.07. The van der Waals surface area contributed by atoms with Gasteiger partial charge in [-0.1, -0.05) is 17.3 Å². The Morgan fingerprint density at radius 2 is 2.00 bits per heavy atom. The van der Waals surface area contributed by atoms with Crippen LogP contribution in [0.3, 0.4) is 0 Å². The standard InChI is InChI=1S/C14H14N6O2/c21-14(22)12-3-1-11(2-4-12)7-20-8-13(17-18-20)5-6-19-10-15-9-16-19/h1-4,8-10H,5-7H2,(H,21,22). The number of carboxylic acid groups (broad SMARTS) is 1. The van der Waals surface area contributed by atoms with Crippen molar-refractivity contribution in [2.45, 2.75) is 19.5 Å². The lowest BCUT2D eigenvalue weighted by Gasteiger charge is -2.01. The fourth-order valence-electron chi connectivity index (χ4n) is 2.05. The zero-order valence-electron chi connectivity index (χ0n) is 11.7. The average Bonchev–Trinajstić information content (AvgIpc) is 3.17. The van der Waals surface area contributed by atoms with Crippen LogP contribution < -0.4 is 0 Å². The molecule has 0 amide bonds. The smallest absolute Gasteiger partial charge is 0.335 e. The Hall–Kier alpha value is -3.03. The monoisotopic (exact) mass is 298 g/mol. The van der Waals surface area contributed by atoms with E-state index in [2.05, 4.69) is 20.4 Å². The number of carboxylic acids is 1. The van der Waals surface area contributed by atoms with Gasteiger partial charge in [0.25, 0.3) is 0 Å². The molecule has 0 atom stereocenters. The van der Waals surface area contributed by atoms with Gasteiger partial charge in [0, 0.05) is 19.2 Å². The van der Waals surface area contributed by atoms with Crippen LogP contribution in [-0.2, 0) is 19.5 Å². The van der Waals surface area contributed by atoms with E-state index in [9.17, 15) is 4.79 Å². The minimum Gasteiger partial charge on any atom is -0.478 e. The molecule has 3 aromatic rings. The van der Waals surface area contributed by atoms with E-state index in [0.717, 1.165) is 17.7 Å². The van der Waals surface area contributed by atoms with Gasteiger partial charge in [-0.25, -0.2) is 14.5 Å². The zero-order valence-corrected chi connectivity index (χ0v) is 11.7. The second-order valence-electron chi connectivity index (χ2n) is 4.82. The minimum absolute atomic E-state index is 0.274. The van der Waals surface area contributed by atoms with Crippen LogP contribution in [0.15, 0.2) is 43.1 Å². The predicted molar refractivity (Wildman–Crippen MR) is 76.3 cm³/mol. The fraction of sp³-hybridized carbons (Fsp3) is 0.214. The zero-order chi connectivity index (χ0) is 15.4. The Bertz CT molecular complexity index is 748. The molecule has 3 rings (SSSR count). The number of rotatable bonds is 6. The van der Waals surface area contributed by atoms with Gasteiger partial charge in [0.2, 0.25) is 0 Å². The highest BCUT2D eigenvalue weighted by Gasteiger charge is 2.05. The number of hydrogen-bond donors (Lipinski definition) is 1. The molecular formula is C14H14N6O2. The number of nitrogens with zero attached hydrogens (tertiary/aromatic N) is 6. The summed E-state index contributed by atoms with van der Waals surface area (Å²) in [7, 11) is 0. The number of benzene rings is 1. The second kappa shape index (κ2) is 6.17. The molecule has 0 aliphatic heterocycles. The molecule has 0 saturated carbocycles. The van der Waals surface area contributed by atoms with Gasteiger partial charge in [-0.2, -0.15) is 5.10 Å². The normalized spacial score (nSPS) is 10.7. The molecule has 0 radical (unpaired) electrons. The molecule has 0 spiro atoms. The summed E-state index contributed by atoms with van der Waals surface area (Å²) in [5, 5.41) is 21.1. The van der Waals surface area contributed by atoms with E-state index in [4.69, 9.17) is 5.11 Å². The van der Waals surface area contributed by atoms with E-state index in [1.165, 1.54) is 6.33 Å². The predicted octanol–water partition coefficient (Wildman–Crippen LogP) is 0.859. The van der Waals surface area contributed by atoms with Crippen molar-refractivity contribution in [1.82, 2.24) is 29.8 Å². The van der Waals surface area contributed by atoms with Crippen LogP contribution >= 0.6 is 0 Å². The van der Waals surface area contributed by atoms with Crippen LogP contribution in [0.5, 0.6) is 0 Å². The summed E-state index contributed by atoms with van der Waals surface area (Å²) in [5.74, 6) is -0.928. The van der Waals surface area contributed by atoms with Gasteiger partial charge in [0.05, 0.1) is 17.8 Å². The third-order valence-corrected chi connectivity index (χ3v) is 3.20. The van der Waals surface area contributed by atoms with Crippen LogP contribution in [0.4, 0.5) is 0 Å². The van der Waals surface area contributed by atoms with Crippen molar-refractivity contribution in [3.8, 4) is 0 Å².